The van der Waals surface area contributed by atoms with Gasteiger partial charge in [-0.2, -0.15) is 0 Å². The molecule has 1 aromatic rings. The summed E-state index contributed by atoms with van der Waals surface area (Å²) in [5, 5.41) is 10.9. The van der Waals surface area contributed by atoms with E-state index in [0.29, 0.717) is 0 Å². The zero-order valence-corrected chi connectivity index (χ0v) is 11.3. The molecule has 0 aromatic heterocycles. The number of para-hydroxylation sites is 1. The molecule has 1 amide bonds. The van der Waals surface area contributed by atoms with Gasteiger partial charge in [-0.15, -0.1) is 0 Å². The number of ether oxygens (including phenoxy) is 2. The standard InChI is InChI=1S/C12H14N2O6/c1-13(7-10(15)19-2)12(16)8-5-4-6-9(14(17)18)11(8)20-3/h4-6H,7H2,1-3H3. The summed E-state index contributed by atoms with van der Waals surface area (Å²) in [5.74, 6) is -1.31. The number of nitro benzene ring substituents is 1. The van der Waals surface area contributed by atoms with Crippen LogP contribution in [0.15, 0.2) is 18.2 Å². The lowest BCUT2D eigenvalue weighted by molar-refractivity contribution is -0.385. The number of rotatable bonds is 5. The number of methoxy groups -OCH3 is 2. The SMILES string of the molecule is COC(=O)CN(C)C(=O)c1cccc([N+](=O)[O-])c1OC. The van der Waals surface area contributed by atoms with E-state index in [1.54, 1.807) is 0 Å². The number of hydrogen-bond donors (Lipinski definition) is 0. The van der Waals surface area contributed by atoms with Crippen molar-refractivity contribution in [2.24, 2.45) is 0 Å². The fourth-order valence-electron chi connectivity index (χ4n) is 1.59. The van der Waals surface area contributed by atoms with E-state index in [1.807, 2.05) is 0 Å². The van der Waals surface area contributed by atoms with Gasteiger partial charge in [0.25, 0.3) is 5.91 Å². The molecule has 1 rings (SSSR count). The molecule has 0 saturated carbocycles. The maximum Gasteiger partial charge on any atom is 0.325 e. The van der Waals surface area contributed by atoms with Gasteiger partial charge in [-0.1, -0.05) is 6.07 Å². The summed E-state index contributed by atoms with van der Waals surface area (Å²) in [5.41, 5.74) is -0.307. The van der Waals surface area contributed by atoms with Gasteiger partial charge in [0, 0.05) is 13.1 Å². The molecule has 108 valence electrons. The molecule has 0 fully saturated rings. The highest BCUT2D eigenvalue weighted by molar-refractivity contribution is 5.99. The first-order valence-electron chi connectivity index (χ1n) is 5.56. The van der Waals surface area contributed by atoms with Crippen molar-refractivity contribution in [3.05, 3.63) is 33.9 Å². The highest BCUT2D eigenvalue weighted by Crippen LogP contribution is 2.31. The number of amides is 1. The molecule has 20 heavy (non-hydrogen) atoms. The monoisotopic (exact) mass is 282 g/mol. The molecule has 0 aliphatic heterocycles. The van der Waals surface area contributed by atoms with Crippen molar-refractivity contribution < 1.29 is 24.0 Å². The van der Waals surface area contributed by atoms with E-state index in [2.05, 4.69) is 4.74 Å². The van der Waals surface area contributed by atoms with Crippen LogP contribution in [0.4, 0.5) is 5.69 Å². The van der Waals surface area contributed by atoms with Crippen LogP contribution < -0.4 is 4.74 Å². The largest absolute Gasteiger partial charge is 0.490 e. The number of nitro groups is 1. The highest BCUT2D eigenvalue weighted by Gasteiger charge is 2.25. The Kier molecular flexibility index (Phi) is 5.01. The molecule has 0 N–H and O–H groups in total. The summed E-state index contributed by atoms with van der Waals surface area (Å²) in [7, 11) is 3.82. The Morgan fingerprint density at radius 2 is 2.00 bits per heavy atom. The average molecular weight is 282 g/mol. The Bertz CT molecular complexity index is 543. The van der Waals surface area contributed by atoms with E-state index < -0.39 is 16.8 Å². The second-order valence-electron chi connectivity index (χ2n) is 3.85. The van der Waals surface area contributed by atoms with Crippen LogP contribution in [0.3, 0.4) is 0 Å². The van der Waals surface area contributed by atoms with Crippen LogP contribution in [0.1, 0.15) is 10.4 Å². The third-order valence-corrected chi connectivity index (χ3v) is 2.57. The van der Waals surface area contributed by atoms with Crippen molar-refractivity contribution in [1.82, 2.24) is 4.90 Å². The van der Waals surface area contributed by atoms with Crippen molar-refractivity contribution in [3.63, 3.8) is 0 Å². The van der Waals surface area contributed by atoms with Crippen molar-refractivity contribution in [2.45, 2.75) is 0 Å². The van der Waals surface area contributed by atoms with Gasteiger partial charge in [0.2, 0.25) is 5.75 Å². The molecule has 0 atom stereocenters. The summed E-state index contributed by atoms with van der Waals surface area (Å²) in [6.07, 6.45) is 0. The molecule has 0 spiro atoms. The van der Waals surface area contributed by atoms with Crippen LogP contribution >= 0.6 is 0 Å². The summed E-state index contributed by atoms with van der Waals surface area (Å²) < 4.78 is 9.39. The maximum absolute atomic E-state index is 12.2. The van der Waals surface area contributed by atoms with Crippen LogP contribution in [0.2, 0.25) is 0 Å². The molecule has 0 heterocycles. The Hall–Kier alpha value is -2.64. The lowest BCUT2D eigenvalue weighted by Gasteiger charge is -2.17. The van der Waals surface area contributed by atoms with Crippen molar-refractivity contribution in [1.29, 1.82) is 0 Å². The van der Waals surface area contributed by atoms with E-state index in [9.17, 15) is 19.7 Å². The summed E-state index contributed by atoms with van der Waals surface area (Å²) >= 11 is 0. The molecular weight excluding hydrogens is 268 g/mol. The maximum atomic E-state index is 12.2. The van der Waals surface area contributed by atoms with E-state index in [4.69, 9.17) is 4.74 Å². The highest BCUT2D eigenvalue weighted by atomic mass is 16.6. The number of benzene rings is 1. The number of carbonyl (C=O) groups excluding carboxylic acids is 2. The molecule has 8 nitrogen and oxygen atoms in total. The third-order valence-electron chi connectivity index (χ3n) is 2.57. The summed E-state index contributed by atoms with van der Waals surface area (Å²) in [4.78, 5) is 34.6. The molecule has 0 aliphatic carbocycles. The average Bonchev–Trinajstić information content (AvgIpc) is 2.44. The van der Waals surface area contributed by atoms with Gasteiger partial charge < -0.3 is 14.4 Å². The lowest BCUT2D eigenvalue weighted by Crippen LogP contribution is -2.32. The first-order chi connectivity index (χ1) is 9.42. The smallest absolute Gasteiger partial charge is 0.325 e. The zero-order valence-electron chi connectivity index (χ0n) is 11.3. The molecule has 0 unspecified atom stereocenters. The minimum absolute atomic E-state index is 0.00750. The quantitative estimate of drug-likeness (QED) is 0.451. The number of carbonyl (C=O) groups is 2. The predicted octanol–water partition coefficient (Wildman–Crippen LogP) is 0.848. The van der Waals surface area contributed by atoms with Crippen molar-refractivity contribution in [3.8, 4) is 5.75 Å². The van der Waals surface area contributed by atoms with Gasteiger partial charge >= 0.3 is 11.7 Å². The molecule has 0 bridgehead atoms. The third kappa shape index (κ3) is 3.22. The molecule has 1 aromatic carbocycles. The summed E-state index contributed by atoms with van der Waals surface area (Å²) in [6, 6.07) is 4.00. The normalized spacial score (nSPS) is 9.75. The predicted molar refractivity (Wildman–Crippen MR) is 68.6 cm³/mol. The molecular formula is C12H14N2O6. The van der Waals surface area contributed by atoms with Crippen LogP contribution in [0.25, 0.3) is 0 Å². The van der Waals surface area contributed by atoms with Gasteiger partial charge in [0.15, 0.2) is 0 Å². The first-order valence-corrected chi connectivity index (χ1v) is 5.56. The fourth-order valence-corrected chi connectivity index (χ4v) is 1.59. The summed E-state index contributed by atoms with van der Waals surface area (Å²) in [6.45, 7) is -0.263. The van der Waals surface area contributed by atoms with Crippen LogP contribution in [0.5, 0.6) is 5.75 Å². The Morgan fingerprint density at radius 3 is 2.50 bits per heavy atom. The van der Waals surface area contributed by atoms with Gasteiger partial charge in [-0.05, 0) is 6.07 Å². The number of hydrogen-bond acceptors (Lipinski definition) is 6. The van der Waals surface area contributed by atoms with Crippen LogP contribution in [0, 0.1) is 10.1 Å². The van der Waals surface area contributed by atoms with Gasteiger partial charge in [0.05, 0.1) is 24.7 Å². The van der Waals surface area contributed by atoms with Gasteiger partial charge in [-0.3, -0.25) is 19.7 Å². The Labute approximate surface area is 115 Å². The molecule has 8 heteroatoms. The fraction of sp³-hybridized carbons (Fsp3) is 0.333. The van der Waals surface area contributed by atoms with E-state index in [1.165, 1.54) is 39.5 Å². The van der Waals surface area contributed by atoms with Gasteiger partial charge in [-0.25, -0.2) is 0 Å². The number of likely N-dealkylation sites (N-methyl/N-ethyl adjacent to an activating group) is 1. The van der Waals surface area contributed by atoms with Crippen molar-refractivity contribution in [2.75, 3.05) is 27.8 Å². The minimum Gasteiger partial charge on any atom is -0.490 e. The molecule has 0 saturated heterocycles. The second-order valence-corrected chi connectivity index (χ2v) is 3.85. The van der Waals surface area contributed by atoms with Crippen molar-refractivity contribution >= 4 is 17.6 Å². The molecule has 0 aliphatic rings. The van der Waals surface area contributed by atoms with E-state index >= 15 is 0 Å². The molecule has 0 radical (unpaired) electrons. The van der Waals surface area contributed by atoms with Crippen LogP contribution in [-0.4, -0.2) is 49.5 Å². The van der Waals surface area contributed by atoms with E-state index in [-0.39, 0.29) is 23.5 Å². The number of esters is 1. The lowest BCUT2D eigenvalue weighted by atomic mass is 10.1. The van der Waals surface area contributed by atoms with Gasteiger partial charge in [0.1, 0.15) is 6.54 Å². The van der Waals surface area contributed by atoms with Crippen LogP contribution in [-0.2, 0) is 9.53 Å². The Balaban J connectivity index is 3.13. The minimum atomic E-state index is -0.643. The van der Waals surface area contributed by atoms with E-state index in [0.717, 1.165) is 4.90 Å². The zero-order chi connectivity index (χ0) is 15.3. The topological polar surface area (TPSA) is 99.0 Å². The first kappa shape index (κ1) is 15.4. The number of nitrogens with zero attached hydrogens (tertiary/aromatic N) is 2. The second kappa shape index (κ2) is 6.50. The Morgan fingerprint density at radius 1 is 1.35 bits per heavy atom.